The van der Waals surface area contributed by atoms with E-state index in [1.165, 1.54) is 32.2 Å². The third-order valence-electron chi connectivity index (χ3n) is 3.99. The summed E-state index contributed by atoms with van der Waals surface area (Å²) >= 11 is 3.44. The quantitative estimate of drug-likeness (QED) is 0.337. The van der Waals surface area contributed by atoms with Crippen LogP contribution in [0, 0.1) is 22.9 Å². The van der Waals surface area contributed by atoms with Gasteiger partial charge in [0.1, 0.15) is 12.4 Å². The monoisotopic (exact) mass is 462 g/mol. The lowest BCUT2D eigenvalue weighted by Crippen LogP contribution is -1.99. The molecule has 3 aromatic rings. The minimum Gasteiger partial charge on any atom is -0.493 e. The molecule has 0 unspecified atom stereocenters. The van der Waals surface area contributed by atoms with Crippen molar-refractivity contribution in [3.63, 3.8) is 0 Å². The first-order chi connectivity index (χ1) is 13.9. The van der Waals surface area contributed by atoms with E-state index in [4.69, 9.17) is 14.0 Å². The second-order valence-corrected chi connectivity index (χ2v) is 6.88. The number of methoxy groups -OCH3 is 1. The van der Waals surface area contributed by atoms with Crippen LogP contribution in [0.3, 0.4) is 0 Å². The Labute approximate surface area is 174 Å². The molecular formula is C20H16BrFN2O5. The largest absolute Gasteiger partial charge is 0.493 e. The van der Waals surface area contributed by atoms with Gasteiger partial charge in [-0.05, 0) is 64.3 Å². The fourth-order valence-electron chi connectivity index (χ4n) is 2.64. The van der Waals surface area contributed by atoms with Crippen LogP contribution in [0.1, 0.15) is 22.6 Å². The molecule has 3 rings (SSSR count). The van der Waals surface area contributed by atoms with Crippen LogP contribution in [0.5, 0.6) is 11.5 Å². The smallest absolute Gasteiger partial charge is 0.338 e. The first-order valence-electron chi connectivity index (χ1n) is 8.42. The molecule has 0 radical (unpaired) electrons. The topological polar surface area (TPSA) is 87.6 Å². The molecule has 0 aliphatic rings. The Balaban J connectivity index is 1.84. The van der Waals surface area contributed by atoms with Crippen molar-refractivity contribution in [1.29, 1.82) is 0 Å². The molecule has 0 saturated carbocycles. The van der Waals surface area contributed by atoms with E-state index >= 15 is 0 Å². The highest BCUT2D eigenvalue weighted by Crippen LogP contribution is 2.38. The second kappa shape index (κ2) is 8.87. The van der Waals surface area contributed by atoms with E-state index in [2.05, 4.69) is 21.1 Å². The van der Waals surface area contributed by atoms with Crippen molar-refractivity contribution < 1.29 is 23.3 Å². The summed E-state index contributed by atoms with van der Waals surface area (Å²) in [7, 11) is 1.50. The summed E-state index contributed by atoms with van der Waals surface area (Å²) in [5.41, 5.74) is 1.39. The highest BCUT2D eigenvalue weighted by molar-refractivity contribution is 9.10. The Kier molecular flexibility index (Phi) is 6.28. The zero-order valence-electron chi connectivity index (χ0n) is 15.5. The molecule has 0 amide bonds. The predicted molar refractivity (Wildman–Crippen MR) is 108 cm³/mol. The Bertz CT molecular complexity index is 1080. The van der Waals surface area contributed by atoms with Gasteiger partial charge in [-0.2, -0.15) is 0 Å². The van der Waals surface area contributed by atoms with Crippen molar-refractivity contribution in [2.75, 3.05) is 7.11 Å². The molecule has 0 N–H and O–H groups in total. The van der Waals surface area contributed by atoms with Crippen LogP contribution < -0.4 is 9.47 Å². The van der Waals surface area contributed by atoms with Gasteiger partial charge >= 0.3 is 5.69 Å². The number of benzene rings is 2. The van der Waals surface area contributed by atoms with Crippen LogP contribution in [0.2, 0.25) is 0 Å². The summed E-state index contributed by atoms with van der Waals surface area (Å²) in [6, 6.07) is 9.59. The predicted octanol–water partition coefficient (Wildman–Crippen LogP) is 5.55. The number of halogens is 2. The number of aryl methyl sites for hydroxylation is 1. The Hall–Kier alpha value is -3.20. The van der Waals surface area contributed by atoms with Gasteiger partial charge in [-0.15, -0.1) is 0 Å². The molecule has 0 aliphatic heterocycles. The minimum absolute atomic E-state index is 0.0500. The van der Waals surface area contributed by atoms with Gasteiger partial charge in [0, 0.05) is 0 Å². The Morgan fingerprint density at radius 3 is 2.79 bits per heavy atom. The zero-order valence-corrected chi connectivity index (χ0v) is 17.1. The van der Waals surface area contributed by atoms with E-state index in [1.807, 2.05) is 0 Å². The van der Waals surface area contributed by atoms with Crippen molar-refractivity contribution in [2.45, 2.75) is 13.5 Å². The average Bonchev–Trinajstić information content (AvgIpc) is 3.05. The van der Waals surface area contributed by atoms with Gasteiger partial charge in [0.15, 0.2) is 17.2 Å². The number of ether oxygens (including phenoxy) is 2. The average molecular weight is 463 g/mol. The van der Waals surface area contributed by atoms with Gasteiger partial charge in [-0.3, -0.25) is 10.1 Å². The fraction of sp³-hybridized carbons (Fsp3) is 0.150. The number of hydrogen-bond acceptors (Lipinski definition) is 6. The fourth-order valence-corrected chi connectivity index (χ4v) is 3.22. The molecule has 29 heavy (non-hydrogen) atoms. The lowest BCUT2D eigenvalue weighted by molar-refractivity contribution is -0.386. The van der Waals surface area contributed by atoms with Gasteiger partial charge in [0.2, 0.25) is 5.76 Å². The number of nitro groups is 1. The molecule has 9 heteroatoms. The highest BCUT2D eigenvalue weighted by Gasteiger charge is 2.22. The molecule has 0 aliphatic carbocycles. The number of aromatic nitrogens is 1. The lowest BCUT2D eigenvalue weighted by Gasteiger charge is -2.13. The number of rotatable bonds is 7. The SMILES string of the molecule is COc1cc(C=Cc2onc(C)c2[N+](=O)[O-])cc(Br)c1OCc1cccc(F)c1. The minimum atomic E-state index is -0.536. The summed E-state index contributed by atoms with van der Waals surface area (Å²) in [6.07, 6.45) is 3.10. The molecule has 0 saturated heterocycles. The number of hydrogen-bond donors (Lipinski definition) is 0. The maximum Gasteiger partial charge on any atom is 0.338 e. The first kappa shape index (κ1) is 20.5. The van der Waals surface area contributed by atoms with Crippen LogP contribution in [-0.2, 0) is 6.61 Å². The Morgan fingerprint density at radius 1 is 1.31 bits per heavy atom. The van der Waals surface area contributed by atoms with Gasteiger partial charge in [0.05, 0.1) is 16.5 Å². The molecule has 150 valence electrons. The van der Waals surface area contributed by atoms with Crippen molar-refractivity contribution in [3.05, 3.63) is 79.4 Å². The van der Waals surface area contributed by atoms with E-state index < -0.39 is 4.92 Å². The van der Waals surface area contributed by atoms with Gasteiger partial charge in [0.25, 0.3) is 0 Å². The molecule has 1 aromatic heterocycles. The van der Waals surface area contributed by atoms with Crippen molar-refractivity contribution >= 4 is 33.8 Å². The maximum atomic E-state index is 13.3. The van der Waals surface area contributed by atoms with E-state index in [0.29, 0.717) is 27.1 Å². The van der Waals surface area contributed by atoms with Crippen LogP contribution >= 0.6 is 15.9 Å². The molecule has 0 fully saturated rings. The van der Waals surface area contributed by atoms with Gasteiger partial charge in [-0.25, -0.2) is 4.39 Å². The molecule has 7 nitrogen and oxygen atoms in total. The lowest BCUT2D eigenvalue weighted by atomic mass is 10.1. The molecule has 0 spiro atoms. The zero-order chi connectivity index (χ0) is 21.0. The molecule has 2 aromatic carbocycles. The van der Waals surface area contributed by atoms with Crippen LogP contribution in [-0.4, -0.2) is 17.2 Å². The van der Waals surface area contributed by atoms with Crippen molar-refractivity contribution in [2.24, 2.45) is 0 Å². The van der Waals surface area contributed by atoms with Crippen molar-refractivity contribution in [3.8, 4) is 11.5 Å². The van der Waals surface area contributed by atoms with Crippen LogP contribution in [0.15, 0.2) is 45.4 Å². The van der Waals surface area contributed by atoms with Crippen LogP contribution in [0.4, 0.5) is 10.1 Å². The Morgan fingerprint density at radius 2 is 2.10 bits per heavy atom. The van der Waals surface area contributed by atoms with Crippen LogP contribution in [0.25, 0.3) is 12.2 Å². The molecule has 1 heterocycles. The first-order valence-corrected chi connectivity index (χ1v) is 9.22. The number of nitrogens with zero attached hydrogens (tertiary/aromatic N) is 2. The van der Waals surface area contributed by atoms with Gasteiger partial charge in [-0.1, -0.05) is 23.4 Å². The summed E-state index contributed by atoms with van der Waals surface area (Å²) in [6.45, 7) is 1.66. The second-order valence-electron chi connectivity index (χ2n) is 6.02. The van der Waals surface area contributed by atoms with E-state index in [1.54, 1.807) is 30.3 Å². The summed E-state index contributed by atoms with van der Waals surface area (Å²) in [5.74, 6) is 0.609. The molecule has 0 atom stereocenters. The van der Waals surface area contributed by atoms with Gasteiger partial charge < -0.3 is 14.0 Å². The summed E-state index contributed by atoms with van der Waals surface area (Å²) < 4.78 is 30.1. The molecular weight excluding hydrogens is 447 g/mol. The normalized spacial score (nSPS) is 11.0. The summed E-state index contributed by atoms with van der Waals surface area (Å²) in [5, 5.41) is 14.8. The third kappa shape index (κ3) is 4.80. The van der Waals surface area contributed by atoms with E-state index in [9.17, 15) is 14.5 Å². The highest BCUT2D eigenvalue weighted by atomic mass is 79.9. The summed E-state index contributed by atoms with van der Waals surface area (Å²) in [4.78, 5) is 10.6. The third-order valence-corrected chi connectivity index (χ3v) is 4.58. The van der Waals surface area contributed by atoms with Crippen molar-refractivity contribution in [1.82, 2.24) is 5.16 Å². The van der Waals surface area contributed by atoms with E-state index in [-0.39, 0.29) is 29.6 Å². The molecule has 0 bridgehead atoms. The van der Waals surface area contributed by atoms with E-state index in [0.717, 1.165) is 0 Å². The maximum absolute atomic E-state index is 13.3. The standard InChI is InChI=1S/C20H16BrFN2O5/c1-12-19(24(25)26)17(29-23-12)7-6-13-9-16(21)20(18(10-13)27-2)28-11-14-4-3-5-15(22)8-14/h3-10H,11H2,1-2H3.